The van der Waals surface area contributed by atoms with E-state index >= 15 is 0 Å². The maximum Gasteiger partial charge on any atom is 0.311 e. The number of hydrogen-bond donors (Lipinski definition) is 0. The number of rotatable bonds is 8. The summed E-state index contributed by atoms with van der Waals surface area (Å²) in [6.45, 7) is 10.3. The normalized spacial score (nSPS) is 20.8. The first kappa shape index (κ1) is 28.5. The van der Waals surface area contributed by atoms with Crippen molar-refractivity contribution in [3.63, 3.8) is 0 Å². The van der Waals surface area contributed by atoms with Crippen molar-refractivity contribution in [1.29, 1.82) is 5.26 Å². The van der Waals surface area contributed by atoms with Crippen LogP contribution in [-0.2, 0) is 20.9 Å². The van der Waals surface area contributed by atoms with Gasteiger partial charge >= 0.3 is 5.97 Å². The third-order valence-electron chi connectivity index (χ3n) is 9.18. The zero-order valence-electron chi connectivity index (χ0n) is 24.7. The van der Waals surface area contributed by atoms with Gasteiger partial charge in [0.25, 0.3) is 0 Å². The van der Waals surface area contributed by atoms with E-state index in [4.69, 9.17) is 14.3 Å². The Hall–Kier alpha value is -3.64. The summed E-state index contributed by atoms with van der Waals surface area (Å²) >= 11 is 0. The van der Waals surface area contributed by atoms with Crippen molar-refractivity contribution < 1.29 is 23.5 Å². The van der Waals surface area contributed by atoms with Crippen molar-refractivity contribution >= 4 is 11.8 Å². The molecule has 0 unspecified atom stereocenters. The van der Waals surface area contributed by atoms with E-state index in [2.05, 4.69) is 27.1 Å². The zero-order valence-corrected chi connectivity index (χ0v) is 24.7. The van der Waals surface area contributed by atoms with E-state index in [1.807, 2.05) is 20.8 Å². The number of oxime groups is 1. The molecule has 6 rings (SSSR count). The van der Waals surface area contributed by atoms with Crippen LogP contribution in [0.25, 0.3) is 11.1 Å². The first-order valence-corrected chi connectivity index (χ1v) is 15.2. The fourth-order valence-corrected chi connectivity index (χ4v) is 6.65. The number of amidine groups is 1. The maximum atomic E-state index is 13.7. The monoisotopic (exact) mass is 574 g/mol. The molecule has 4 aliphatic rings. The molecule has 3 heterocycles. The van der Waals surface area contributed by atoms with Gasteiger partial charge in [-0.15, -0.1) is 0 Å². The lowest BCUT2D eigenvalue weighted by atomic mass is 9.80. The molecular weight excluding hydrogens is 535 g/mol. The molecule has 1 spiro atoms. The lowest BCUT2D eigenvalue weighted by molar-refractivity contribution is -0.156. The number of ether oxygens (including phenoxy) is 2. The summed E-state index contributed by atoms with van der Waals surface area (Å²) in [5, 5.41) is 14.8. The highest BCUT2D eigenvalue weighted by atomic mass is 19.1. The Morgan fingerprint density at radius 3 is 2.50 bits per heavy atom. The van der Waals surface area contributed by atoms with Crippen molar-refractivity contribution in [2.75, 3.05) is 39.4 Å². The van der Waals surface area contributed by atoms with Crippen LogP contribution in [0.15, 0.2) is 35.5 Å². The second-order valence-electron chi connectivity index (χ2n) is 12.4. The second kappa shape index (κ2) is 11.2. The summed E-state index contributed by atoms with van der Waals surface area (Å²) in [5.74, 6) is 1.57. The molecule has 42 heavy (non-hydrogen) atoms. The molecule has 3 fully saturated rings. The van der Waals surface area contributed by atoms with Crippen LogP contribution in [0.5, 0.6) is 5.75 Å². The van der Waals surface area contributed by atoms with E-state index < -0.39 is 5.41 Å². The van der Waals surface area contributed by atoms with Gasteiger partial charge in [-0.2, -0.15) is 5.26 Å². The van der Waals surface area contributed by atoms with Crippen LogP contribution in [0.3, 0.4) is 0 Å². The lowest BCUT2D eigenvalue weighted by Gasteiger charge is -2.46. The Labute approximate surface area is 247 Å². The van der Waals surface area contributed by atoms with E-state index in [-0.39, 0.29) is 17.4 Å². The second-order valence-corrected chi connectivity index (χ2v) is 12.4. The minimum Gasteiger partial charge on any atom is -0.492 e. The van der Waals surface area contributed by atoms with E-state index in [0.29, 0.717) is 37.0 Å². The standard InChI is InChI=1S/C33H39FN4O4/c1-4-40-30-24(16-26(22-6-7-22)29(27(30)18-35)23-8-10-25(34)11-9-23)19-37-20-33(21-37)17-28(36-42-33)38-14-12-32(3,13-15-38)31(39)41-5-2/h8-11,16,22H,4-7,12-15,17,19-21H2,1-3H3. The summed E-state index contributed by atoms with van der Waals surface area (Å²) in [7, 11) is 0. The van der Waals surface area contributed by atoms with Crippen LogP contribution in [0.4, 0.5) is 4.39 Å². The van der Waals surface area contributed by atoms with Gasteiger partial charge in [0.05, 0.1) is 25.0 Å². The number of esters is 1. The Kier molecular flexibility index (Phi) is 7.61. The van der Waals surface area contributed by atoms with E-state index in [9.17, 15) is 14.4 Å². The molecule has 1 saturated carbocycles. The van der Waals surface area contributed by atoms with Gasteiger partial charge < -0.3 is 19.2 Å². The molecule has 0 radical (unpaired) electrons. The largest absolute Gasteiger partial charge is 0.492 e. The Bertz CT molecular complexity index is 1420. The summed E-state index contributed by atoms with van der Waals surface area (Å²) in [4.78, 5) is 23.0. The van der Waals surface area contributed by atoms with Gasteiger partial charge in [0.1, 0.15) is 29.0 Å². The number of likely N-dealkylation sites (tertiary alicyclic amines) is 2. The van der Waals surface area contributed by atoms with Gasteiger partial charge in [-0.3, -0.25) is 9.69 Å². The summed E-state index contributed by atoms with van der Waals surface area (Å²) in [6, 6.07) is 11.0. The molecular formula is C33H39FN4O4. The smallest absolute Gasteiger partial charge is 0.311 e. The number of carbonyl (C=O) groups is 1. The zero-order chi connectivity index (χ0) is 29.5. The molecule has 0 N–H and O–H groups in total. The first-order valence-electron chi connectivity index (χ1n) is 15.2. The predicted molar refractivity (Wildman–Crippen MR) is 156 cm³/mol. The molecule has 2 aromatic carbocycles. The number of piperidine rings is 1. The van der Waals surface area contributed by atoms with E-state index in [0.717, 1.165) is 86.4 Å². The number of halogens is 1. The molecule has 222 valence electrons. The van der Waals surface area contributed by atoms with Crippen LogP contribution in [-0.4, -0.2) is 66.6 Å². The highest BCUT2D eigenvalue weighted by Crippen LogP contribution is 2.49. The van der Waals surface area contributed by atoms with E-state index in [1.165, 1.54) is 12.1 Å². The topological polar surface area (TPSA) is 87.4 Å². The summed E-state index contributed by atoms with van der Waals surface area (Å²) in [6.07, 6.45) is 4.40. The maximum absolute atomic E-state index is 13.7. The number of carbonyl (C=O) groups excluding carboxylic acids is 1. The van der Waals surface area contributed by atoms with Gasteiger partial charge in [0.15, 0.2) is 5.60 Å². The number of benzene rings is 2. The average molecular weight is 575 g/mol. The predicted octanol–water partition coefficient (Wildman–Crippen LogP) is 5.59. The highest BCUT2D eigenvalue weighted by molar-refractivity contribution is 5.85. The van der Waals surface area contributed by atoms with Gasteiger partial charge in [-0.05, 0) is 81.7 Å². The Balaban J connectivity index is 1.15. The third-order valence-corrected chi connectivity index (χ3v) is 9.18. The lowest BCUT2D eigenvalue weighted by Crippen LogP contribution is -2.61. The van der Waals surface area contributed by atoms with Crippen molar-refractivity contribution in [1.82, 2.24) is 9.80 Å². The number of nitriles is 1. The van der Waals surface area contributed by atoms with Gasteiger partial charge in [0.2, 0.25) is 0 Å². The first-order chi connectivity index (χ1) is 20.3. The molecule has 0 bridgehead atoms. The van der Waals surface area contributed by atoms with Crippen molar-refractivity contribution in [2.24, 2.45) is 10.6 Å². The Morgan fingerprint density at radius 1 is 1.17 bits per heavy atom. The molecule has 2 saturated heterocycles. The SMILES string of the molecule is CCOC(=O)C1(C)CCN(C2=NOC3(C2)CN(Cc2cc(C4CC4)c(-c4ccc(F)cc4)c(C#N)c2OCC)C3)CC1. The van der Waals surface area contributed by atoms with E-state index in [1.54, 1.807) is 12.1 Å². The molecule has 0 aromatic heterocycles. The molecule has 9 heteroatoms. The highest BCUT2D eigenvalue weighted by Gasteiger charge is 2.51. The minimum absolute atomic E-state index is 0.109. The summed E-state index contributed by atoms with van der Waals surface area (Å²) < 4.78 is 25.1. The van der Waals surface area contributed by atoms with Crippen LogP contribution in [0.1, 0.15) is 75.5 Å². The Morgan fingerprint density at radius 2 is 1.88 bits per heavy atom. The summed E-state index contributed by atoms with van der Waals surface area (Å²) in [5.41, 5.74) is 3.61. The molecule has 1 aliphatic carbocycles. The molecule has 8 nitrogen and oxygen atoms in total. The van der Waals surface area contributed by atoms with Crippen molar-refractivity contribution in [3.05, 3.63) is 52.8 Å². The van der Waals surface area contributed by atoms with Crippen LogP contribution in [0, 0.1) is 22.6 Å². The van der Waals surface area contributed by atoms with Gasteiger partial charge in [0, 0.05) is 43.9 Å². The fourth-order valence-electron chi connectivity index (χ4n) is 6.65. The quantitative estimate of drug-likeness (QED) is 0.380. The molecule has 3 aliphatic heterocycles. The minimum atomic E-state index is -0.441. The van der Waals surface area contributed by atoms with Crippen LogP contribution in [0.2, 0.25) is 0 Å². The van der Waals surface area contributed by atoms with Crippen LogP contribution < -0.4 is 4.74 Å². The van der Waals surface area contributed by atoms with Gasteiger partial charge in [-0.1, -0.05) is 17.3 Å². The fraction of sp³-hybridized carbons (Fsp3) is 0.545. The molecule has 0 amide bonds. The average Bonchev–Trinajstić information content (AvgIpc) is 3.72. The number of nitrogens with zero attached hydrogens (tertiary/aromatic N) is 4. The van der Waals surface area contributed by atoms with Crippen LogP contribution >= 0.6 is 0 Å². The van der Waals surface area contributed by atoms with Crippen molar-refractivity contribution in [2.45, 2.75) is 70.9 Å². The van der Waals surface area contributed by atoms with Gasteiger partial charge in [-0.25, -0.2) is 4.39 Å². The molecule has 0 atom stereocenters. The number of hydrogen-bond acceptors (Lipinski definition) is 8. The molecule has 2 aromatic rings. The van der Waals surface area contributed by atoms with Crippen molar-refractivity contribution in [3.8, 4) is 22.9 Å². The third kappa shape index (κ3) is 5.33.